The number of phenols is 1. The highest BCUT2D eigenvalue weighted by atomic mass is 19.1. The third-order valence-electron chi connectivity index (χ3n) is 4.62. The molecule has 0 saturated heterocycles. The van der Waals surface area contributed by atoms with Crippen molar-refractivity contribution in [2.24, 2.45) is 0 Å². The first-order valence-corrected chi connectivity index (χ1v) is 9.39. The number of fused-ring (bicyclic) bond motifs is 1. The van der Waals surface area contributed by atoms with Crippen LogP contribution in [0, 0.1) is 5.82 Å². The number of anilines is 1. The molecular formula is C21H21FN6O. The molecule has 0 amide bonds. The fraction of sp³-hybridized carbons (Fsp3) is 0.238. The summed E-state index contributed by atoms with van der Waals surface area (Å²) in [6.45, 7) is 4.58. The van der Waals surface area contributed by atoms with Crippen LogP contribution in [0.1, 0.15) is 25.5 Å². The van der Waals surface area contributed by atoms with Crippen molar-refractivity contribution in [2.45, 2.75) is 26.3 Å². The number of aromatic nitrogens is 5. The van der Waals surface area contributed by atoms with Crippen LogP contribution in [0.25, 0.3) is 22.6 Å². The van der Waals surface area contributed by atoms with Crippen molar-refractivity contribution < 1.29 is 9.50 Å². The smallest absolute Gasteiger partial charge is 0.166 e. The van der Waals surface area contributed by atoms with Gasteiger partial charge in [-0.25, -0.2) is 19.3 Å². The highest BCUT2D eigenvalue weighted by molar-refractivity contribution is 5.85. The van der Waals surface area contributed by atoms with Gasteiger partial charge in [0.25, 0.3) is 0 Å². The summed E-state index contributed by atoms with van der Waals surface area (Å²) in [5.74, 6) is 0.621. The Morgan fingerprint density at radius 2 is 2.07 bits per heavy atom. The van der Waals surface area contributed by atoms with E-state index in [0.29, 0.717) is 35.7 Å². The summed E-state index contributed by atoms with van der Waals surface area (Å²) in [7, 11) is 0. The number of hydrogen-bond acceptors (Lipinski definition) is 6. The second kappa shape index (κ2) is 7.83. The summed E-state index contributed by atoms with van der Waals surface area (Å²) in [6, 6.07) is 8.10. The summed E-state index contributed by atoms with van der Waals surface area (Å²) >= 11 is 0. The van der Waals surface area contributed by atoms with E-state index in [1.807, 2.05) is 16.7 Å². The second-order valence-corrected chi connectivity index (χ2v) is 7.01. The Labute approximate surface area is 167 Å². The van der Waals surface area contributed by atoms with Crippen molar-refractivity contribution in [3.05, 3.63) is 60.4 Å². The van der Waals surface area contributed by atoms with E-state index < -0.39 is 5.82 Å². The number of benzene rings is 1. The molecule has 0 aliphatic rings. The van der Waals surface area contributed by atoms with Gasteiger partial charge in [0.05, 0.1) is 6.33 Å². The standard InChI is InChI=1S/C21H21FN6O/c1-13(2)28-12-25-18-20(24-9-7-14-5-6-16(29)10-17(14)22)26-19(27-21(18)28)15-4-3-8-23-11-15/h3-6,8,10-13,29H,7,9H2,1-2H3,(H,24,26,27). The molecule has 0 spiro atoms. The summed E-state index contributed by atoms with van der Waals surface area (Å²) < 4.78 is 16.0. The first kappa shape index (κ1) is 18.8. The van der Waals surface area contributed by atoms with Crippen LogP contribution < -0.4 is 5.32 Å². The van der Waals surface area contributed by atoms with Crippen molar-refractivity contribution in [3.63, 3.8) is 0 Å². The Kier molecular flexibility index (Phi) is 5.07. The molecule has 0 unspecified atom stereocenters. The normalized spacial score (nSPS) is 11.3. The average molecular weight is 392 g/mol. The minimum atomic E-state index is -0.431. The predicted molar refractivity (Wildman–Crippen MR) is 109 cm³/mol. The minimum absolute atomic E-state index is 0.0861. The molecule has 8 heteroatoms. The Hall–Kier alpha value is -3.55. The minimum Gasteiger partial charge on any atom is -0.508 e. The Morgan fingerprint density at radius 1 is 1.21 bits per heavy atom. The Morgan fingerprint density at radius 3 is 2.79 bits per heavy atom. The monoisotopic (exact) mass is 392 g/mol. The highest BCUT2D eigenvalue weighted by Crippen LogP contribution is 2.25. The van der Waals surface area contributed by atoms with Crippen LogP contribution in [-0.4, -0.2) is 36.2 Å². The van der Waals surface area contributed by atoms with E-state index >= 15 is 0 Å². The molecule has 3 heterocycles. The van der Waals surface area contributed by atoms with E-state index in [9.17, 15) is 9.50 Å². The average Bonchev–Trinajstić information content (AvgIpc) is 3.15. The molecule has 3 aromatic heterocycles. The van der Waals surface area contributed by atoms with Gasteiger partial charge in [-0.05, 0) is 44.0 Å². The number of rotatable bonds is 6. The molecule has 1 aromatic carbocycles. The van der Waals surface area contributed by atoms with Gasteiger partial charge in [-0.3, -0.25) is 4.98 Å². The molecule has 0 aliphatic carbocycles. The van der Waals surface area contributed by atoms with Gasteiger partial charge in [0.15, 0.2) is 17.3 Å². The number of halogens is 1. The lowest BCUT2D eigenvalue weighted by Gasteiger charge is -2.11. The maximum Gasteiger partial charge on any atom is 0.166 e. The van der Waals surface area contributed by atoms with Crippen LogP contribution in [0.4, 0.5) is 10.2 Å². The zero-order chi connectivity index (χ0) is 20.4. The van der Waals surface area contributed by atoms with Gasteiger partial charge in [-0.15, -0.1) is 0 Å². The van der Waals surface area contributed by atoms with Crippen LogP contribution in [0.15, 0.2) is 49.1 Å². The molecule has 0 aliphatic heterocycles. The second-order valence-electron chi connectivity index (χ2n) is 7.01. The number of aromatic hydroxyl groups is 1. The lowest BCUT2D eigenvalue weighted by atomic mass is 10.1. The molecule has 4 aromatic rings. The lowest BCUT2D eigenvalue weighted by molar-refractivity contribution is 0.468. The molecule has 148 valence electrons. The molecule has 4 rings (SSSR count). The van der Waals surface area contributed by atoms with Crippen molar-refractivity contribution in [2.75, 3.05) is 11.9 Å². The fourth-order valence-corrected chi connectivity index (χ4v) is 3.10. The fourth-order valence-electron chi connectivity index (χ4n) is 3.10. The van der Waals surface area contributed by atoms with Crippen LogP contribution in [0.5, 0.6) is 5.75 Å². The van der Waals surface area contributed by atoms with Gasteiger partial charge in [0.2, 0.25) is 0 Å². The zero-order valence-electron chi connectivity index (χ0n) is 16.2. The van der Waals surface area contributed by atoms with Gasteiger partial charge in [-0.2, -0.15) is 0 Å². The van der Waals surface area contributed by atoms with E-state index in [-0.39, 0.29) is 11.8 Å². The van der Waals surface area contributed by atoms with Crippen molar-refractivity contribution >= 4 is 17.0 Å². The topological polar surface area (TPSA) is 88.8 Å². The zero-order valence-corrected chi connectivity index (χ0v) is 16.2. The third kappa shape index (κ3) is 3.87. The van der Waals surface area contributed by atoms with Crippen LogP contribution >= 0.6 is 0 Å². The number of pyridine rings is 1. The van der Waals surface area contributed by atoms with Gasteiger partial charge < -0.3 is 15.0 Å². The molecule has 2 N–H and O–H groups in total. The first-order valence-electron chi connectivity index (χ1n) is 9.39. The van der Waals surface area contributed by atoms with Gasteiger partial charge in [0.1, 0.15) is 17.1 Å². The number of nitrogens with zero attached hydrogens (tertiary/aromatic N) is 5. The van der Waals surface area contributed by atoms with Crippen molar-refractivity contribution in [1.29, 1.82) is 0 Å². The van der Waals surface area contributed by atoms with Gasteiger partial charge in [-0.1, -0.05) is 6.07 Å². The highest BCUT2D eigenvalue weighted by Gasteiger charge is 2.16. The summed E-state index contributed by atoms with van der Waals surface area (Å²) in [4.78, 5) is 18.0. The first-order chi connectivity index (χ1) is 14.0. The van der Waals surface area contributed by atoms with E-state index in [4.69, 9.17) is 4.98 Å². The number of hydrogen-bond donors (Lipinski definition) is 2. The lowest BCUT2D eigenvalue weighted by Crippen LogP contribution is -2.10. The summed E-state index contributed by atoms with van der Waals surface area (Å²) in [6.07, 6.45) is 5.60. The van der Waals surface area contributed by atoms with E-state index in [1.54, 1.807) is 24.8 Å². The Bertz CT molecular complexity index is 1140. The van der Waals surface area contributed by atoms with E-state index in [2.05, 4.69) is 34.1 Å². The Balaban J connectivity index is 1.67. The molecule has 29 heavy (non-hydrogen) atoms. The summed E-state index contributed by atoms with van der Waals surface area (Å²) in [5, 5.41) is 12.6. The molecule has 0 radical (unpaired) electrons. The quantitative estimate of drug-likeness (QED) is 0.516. The number of nitrogens with one attached hydrogen (secondary N) is 1. The predicted octanol–water partition coefficient (Wildman–Crippen LogP) is 3.97. The largest absolute Gasteiger partial charge is 0.508 e. The van der Waals surface area contributed by atoms with E-state index in [0.717, 1.165) is 17.3 Å². The summed E-state index contributed by atoms with van der Waals surface area (Å²) in [5.41, 5.74) is 2.71. The van der Waals surface area contributed by atoms with E-state index in [1.165, 1.54) is 6.07 Å². The molecule has 0 bridgehead atoms. The van der Waals surface area contributed by atoms with Crippen molar-refractivity contribution in [1.82, 2.24) is 24.5 Å². The maximum absolute atomic E-state index is 14.0. The van der Waals surface area contributed by atoms with Crippen molar-refractivity contribution in [3.8, 4) is 17.1 Å². The van der Waals surface area contributed by atoms with Crippen LogP contribution in [-0.2, 0) is 6.42 Å². The van der Waals surface area contributed by atoms with Crippen LogP contribution in [0.2, 0.25) is 0 Å². The van der Waals surface area contributed by atoms with Gasteiger partial charge in [0, 0.05) is 36.6 Å². The van der Waals surface area contributed by atoms with Gasteiger partial charge >= 0.3 is 0 Å². The molecular weight excluding hydrogens is 371 g/mol. The number of imidazole rings is 1. The number of phenolic OH excluding ortho intramolecular Hbond substituents is 1. The molecule has 0 fully saturated rings. The SMILES string of the molecule is CC(C)n1cnc2c(NCCc3ccc(O)cc3F)nc(-c3cccnc3)nc21. The van der Waals surface area contributed by atoms with Crippen LogP contribution in [0.3, 0.4) is 0 Å². The molecule has 7 nitrogen and oxygen atoms in total. The molecule has 0 saturated carbocycles. The molecule has 0 atom stereocenters. The third-order valence-corrected chi connectivity index (χ3v) is 4.62. The maximum atomic E-state index is 14.0.